The number of benzene rings is 1. The van der Waals surface area contributed by atoms with Crippen LogP contribution < -0.4 is 23.7 Å². The minimum atomic E-state index is -3.24. The first-order chi connectivity index (χ1) is 16.4. The molecule has 3 rings (SSSR count). The highest BCUT2D eigenvalue weighted by atomic mass is 32.2. The summed E-state index contributed by atoms with van der Waals surface area (Å²) in [6, 6.07) is 7.55. The Morgan fingerprint density at radius 1 is 1.03 bits per heavy atom. The third-order valence-corrected chi connectivity index (χ3v) is 7.30. The second kappa shape index (κ2) is 12.2. The first kappa shape index (κ1) is 26.1. The number of aromatic nitrogens is 1. The molecular weight excluding hydrogens is 458 g/mol. The maximum absolute atomic E-state index is 11.8. The van der Waals surface area contributed by atoms with Crippen LogP contribution in [-0.4, -0.2) is 64.6 Å². The largest absolute Gasteiger partial charge is 0.493 e. The second-order valence-corrected chi connectivity index (χ2v) is 10.2. The number of likely N-dealkylation sites (tertiary alicyclic amines) is 1. The van der Waals surface area contributed by atoms with Gasteiger partial charge in [0.05, 0.1) is 27.1 Å². The van der Waals surface area contributed by atoms with Gasteiger partial charge in [-0.3, -0.25) is 4.90 Å². The van der Waals surface area contributed by atoms with Gasteiger partial charge in [0.1, 0.15) is 6.10 Å². The molecule has 0 spiro atoms. The average molecular weight is 494 g/mol. The molecule has 2 aromatic rings. The van der Waals surface area contributed by atoms with E-state index in [1.807, 2.05) is 25.1 Å². The Balaban J connectivity index is 1.50. The van der Waals surface area contributed by atoms with Gasteiger partial charge in [0.2, 0.25) is 21.7 Å². The summed E-state index contributed by atoms with van der Waals surface area (Å²) < 4.78 is 48.7. The van der Waals surface area contributed by atoms with E-state index in [0.717, 1.165) is 43.6 Å². The number of piperidine rings is 1. The molecule has 0 aliphatic carbocycles. The molecule has 1 aliphatic rings. The topological polar surface area (TPSA) is 99.2 Å². The van der Waals surface area contributed by atoms with Crippen molar-refractivity contribution in [3.63, 3.8) is 0 Å². The third kappa shape index (κ3) is 6.97. The highest BCUT2D eigenvalue weighted by Gasteiger charge is 2.23. The molecule has 34 heavy (non-hydrogen) atoms. The predicted octanol–water partition coefficient (Wildman–Crippen LogP) is 2.98. The summed E-state index contributed by atoms with van der Waals surface area (Å²) in [5.74, 6) is 2.63. The molecule has 1 fully saturated rings. The van der Waals surface area contributed by atoms with Crippen molar-refractivity contribution >= 4 is 10.0 Å². The molecule has 2 heterocycles. The zero-order valence-corrected chi connectivity index (χ0v) is 21.2. The van der Waals surface area contributed by atoms with Crippen molar-refractivity contribution in [1.29, 1.82) is 0 Å². The number of hydrogen-bond acceptors (Lipinski definition) is 8. The predicted molar refractivity (Wildman–Crippen MR) is 130 cm³/mol. The molecule has 0 bridgehead atoms. The first-order valence-corrected chi connectivity index (χ1v) is 13.1. The molecule has 1 aromatic heterocycles. The van der Waals surface area contributed by atoms with Crippen molar-refractivity contribution in [3.05, 3.63) is 41.6 Å². The summed E-state index contributed by atoms with van der Waals surface area (Å²) in [6.07, 6.45) is 4.10. The van der Waals surface area contributed by atoms with E-state index < -0.39 is 10.0 Å². The van der Waals surface area contributed by atoms with Crippen LogP contribution in [0.15, 0.2) is 30.5 Å². The van der Waals surface area contributed by atoms with E-state index in [1.165, 1.54) is 0 Å². The number of methoxy groups -OCH3 is 3. The molecule has 0 unspecified atom stereocenters. The molecule has 1 saturated heterocycles. The molecule has 0 saturated carbocycles. The Morgan fingerprint density at radius 3 is 2.35 bits per heavy atom. The van der Waals surface area contributed by atoms with Gasteiger partial charge < -0.3 is 18.9 Å². The number of sulfonamides is 1. The molecule has 188 valence electrons. The molecule has 0 atom stereocenters. The van der Waals surface area contributed by atoms with E-state index in [1.54, 1.807) is 33.6 Å². The first-order valence-electron chi connectivity index (χ1n) is 11.5. The Bertz CT molecular complexity index is 1020. The summed E-state index contributed by atoms with van der Waals surface area (Å²) in [5.41, 5.74) is 1.84. The number of ether oxygens (including phenoxy) is 4. The van der Waals surface area contributed by atoms with Gasteiger partial charge in [-0.05, 0) is 30.9 Å². The van der Waals surface area contributed by atoms with Crippen LogP contribution in [0.2, 0.25) is 0 Å². The van der Waals surface area contributed by atoms with Gasteiger partial charge in [0.25, 0.3) is 0 Å². The van der Waals surface area contributed by atoms with Crippen molar-refractivity contribution in [3.8, 4) is 23.1 Å². The van der Waals surface area contributed by atoms with E-state index in [9.17, 15) is 8.42 Å². The maximum atomic E-state index is 11.8. The van der Waals surface area contributed by atoms with Gasteiger partial charge in [-0.2, -0.15) is 0 Å². The van der Waals surface area contributed by atoms with E-state index in [-0.39, 0.29) is 18.4 Å². The van der Waals surface area contributed by atoms with E-state index >= 15 is 0 Å². The quantitative estimate of drug-likeness (QED) is 0.482. The Labute approximate surface area is 202 Å². The van der Waals surface area contributed by atoms with Gasteiger partial charge >= 0.3 is 0 Å². The van der Waals surface area contributed by atoms with E-state index in [4.69, 9.17) is 18.9 Å². The molecule has 0 radical (unpaired) electrons. The van der Waals surface area contributed by atoms with Crippen LogP contribution in [0.1, 0.15) is 37.3 Å². The van der Waals surface area contributed by atoms with Gasteiger partial charge in [-0.25, -0.2) is 18.1 Å². The summed E-state index contributed by atoms with van der Waals surface area (Å²) in [7, 11) is 1.62. The van der Waals surface area contributed by atoms with Gasteiger partial charge in [0.15, 0.2) is 11.5 Å². The molecule has 9 nitrogen and oxygen atoms in total. The molecule has 10 heteroatoms. The van der Waals surface area contributed by atoms with E-state index in [0.29, 0.717) is 29.5 Å². The van der Waals surface area contributed by atoms with Crippen LogP contribution in [0.4, 0.5) is 0 Å². The number of nitrogens with zero attached hydrogens (tertiary/aromatic N) is 2. The SMILES string of the molecule is CCCS(=O)(=O)NCc1ccc(OC2CCN(Cc3ccc(OC)c(OC)c3OC)CC2)nc1. The number of hydrogen-bond donors (Lipinski definition) is 1. The molecule has 1 aromatic carbocycles. The highest BCUT2D eigenvalue weighted by Crippen LogP contribution is 2.40. The smallest absolute Gasteiger partial charge is 0.213 e. The molecule has 0 amide bonds. The summed E-state index contributed by atoms with van der Waals surface area (Å²) in [5, 5.41) is 0. The van der Waals surface area contributed by atoms with Crippen molar-refractivity contribution in [1.82, 2.24) is 14.6 Å². The Hall–Kier alpha value is -2.56. The fourth-order valence-electron chi connectivity index (χ4n) is 4.00. The average Bonchev–Trinajstić information content (AvgIpc) is 2.84. The number of nitrogens with one attached hydrogen (secondary N) is 1. The van der Waals surface area contributed by atoms with Crippen LogP contribution in [0.25, 0.3) is 0 Å². The number of pyridine rings is 1. The van der Waals surface area contributed by atoms with Crippen molar-refractivity contribution in [2.45, 2.75) is 45.4 Å². The lowest BCUT2D eigenvalue weighted by Gasteiger charge is -2.32. The minimum Gasteiger partial charge on any atom is -0.493 e. The Morgan fingerprint density at radius 2 is 1.76 bits per heavy atom. The third-order valence-electron chi connectivity index (χ3n) is 5.77. The van der Waals surface area contributed by atoms with Gasteiger partial charge in [-0.1, -0.05) is 19.1 Å². The van der Waals surface area contributed by atoms with Crippen LogP contribution >= 0.6 is 0 Å². The molecular formula is C24H35N3O6S. The maximum Gasteiger partial charge on any atom is 0.213 e. The zero-order chi connectivity index (χ0) is 24.6. The van der Waals surface area contributed by atoms with Gasteiger partial charge in [0, 0.05) is 44.0 Å². The molecule has 1 N–H and O–H groups in total. The molecule has 1 aliphatic heterocycles. The fourth-order valence-corrected chi connectivity index (χ4v) is 5.07. The summed E-state index contributed by atoms with van der Waals surface area (Å²) in [6.45, 7) is 4.59. The van der Waals surface area contributed by atoms with Crippen LogP contribution in [0.3, 0.4) is 0 Å². The number of rotatable bonds is 12. The standard InChI is InChI=1S/C24H35N3O6S/c1-5-14-34(28,29)26-16-18-6-9-22(25-15-18)33-20-10-12-27(13-11-20)17-19-7-8-21(30-2)24(32-4)23(19)31-3/h6-9,15,20,26H,5,10-14,16-17H2,1-4H3. The lowest BCUT2D eigenvalue weighted by molar-refractivity contribution is 0.0927. The van der Waals surface area contributed by atoms with Crippen molar-refractivity contribution in [2.24, 2.45) is 0 Å². The fraction of sp³-hybridized carbons (Fsp3) is 0.542. The Kier molecular flexibility index (Phi) is 9.37. The van der Waals surface area contributed by atoms with Crippen LogP contribution in [0.5, 0.6) is 23.1 Å². The van der Waals surface area contributed by atoms with Crippen molar-refractivity contribution in [2.75, 3.05) is 40.2 Å². The lowest BCUT2D eigenvalue weighted by Crippen LogP contribution is -2.38. The normalized spacial score (nSPS) is 15.2. The lowest BCUT2D eigenvalue weighted by atomic mass is 10.1. The summed E-state index contributed by atoms with van der Waals surface area (Å²) >= 11 is 0. The zero-order valence-electron chi connectivity index (χ0n) is 20.4. The highest BCUT2D eigenvalue weighted by molar-refractivity contribution is 7.89. The monoisotopic (exact) mass is 493 g/mol. The van der Waals surface area contributed by atoms with Crippen LogP contribution in [0, 0.1) is 0 Å². The van der Waals surface area contributed by atoms with Gasteiger partial charge in [-0.15, -0.1) is 0 Å². The van der Waals surface area contributed by atoms with Crippen LogP contribution in [-0.2, 0) is 23.1 Å². The van der Waals surface area contributed by atoms with E-state index in [2.05, 4.69) is 14.6 Å². The minimum absolute atomic E-state index is 0.0879. The second-order valence-electron chi connectivity index (χ2n) is 8.23. The van der Waals surface area contributed by atoms with Crippen molar-refractivity contribution < 1.29 is 27.4 Å². The summed E-state index contributed by atoms with van der Waals surface area (Å²) in [4.78, 5) is 6.72.